The molecule has 1 saturated heterocycles. The number of ether oxygens (including phenoxy) is 1. The summed E-state index contributed by atoms with van der Waals surface area (Å²) in [5, 5.41) is 3.86. The van der Waals surface area contributed by atoms with E-state index in [2.05, 4.69) is 15.3 Å². The molecule has 29 heavy (non-hydrogen) atoms. The molecule has 2 aliphatic rings. The molecule has 1 saturated carbocycles. The fourth-order valence-electron chi connectivity index (χ4n) is 3.21. The highest BCUT2D eigenvalue weighted by Crippen LogP contribution is 2.35. The number of carbonyl (C=O) groups is 1. The number of aryl methyl sites for hydroxylation is 1. The van der Waals surface area contributed by atoms with Gasteiger partial charge in [-0.2, -0.15) is 0 Å². The Kier molecular flexibility index (Phi) is 5.42. The number of hydrogen-bond donors (Lipinski definition) is 1. The third-order valence-electron chi connectivity index (χ3n) is 4.94. The number of anilines is 1. The van der Waals surface area contributed by atoms with E-state index in [9.17, 15) is 13.6 Å². The predicted molar refractivity (Wildman–Crippen MR) is 107 cm³/mol. The Morgan fingerprint density at radius 2 is 2.17 bits per heavy atom. The summed E-state index contributed by atoms with van der Waals surface area (Å²) >= 11 is 1.59. The molecule has 2 fully saturated rings. The number of thiazole rings is 1. The van der Waals surface area contributed by atoms with Gasteiger partial charge in [-0.05, 0) is 38.7 Å². The van der Waals surface area contributed by atoms with Gasteiger partial charge in [0.2, 0.25) is 5.88 Å². The molecule has 4 rings (SSSR count). The lowest BCUT2D eigenvalue weighted by molar-refractivity contribution is -0.0263. The van der Waals surface area contributed by atoms with Crippen LogP contribution in [-0.4, -0.2) is 47.5 Å². The molecule has 1 aliphatic heterocycles. The summed E-state index contributed by atoms with van der Waals surface area (Å²) in [4.78, 5) is 24.2. The molecule has 9 heteroatoms. The first-order valence-electron chi connectivity index (χ1n) is 9.78. The van der Waals surface area contributed by atoms with Crippen molar-refractivity contribution in [3.05, 3.63) is 33.9 Å². The number of amides is 1. The Balaban J connectivity index is 1.48. The molecule has 0 aromatic carbocycles. The highest BCUT2D eigenvalue weighted by molar-refractivity contribution is 7.11. The van der Waals surface area contributed by atoms with Crippen LogP contribution < -0.4 is 15.0 Å². The maximum Gasteiger partial charge on any atom is 0.282 e. The second-order valence-corrected chi connectivity index (χ2v) is 9.25. The Bertz CT molecular complexity index is 892. The molecule has 1 atom stereocenters. The van der Waals surface area contributed by atoms with Crippen molar-refractivity contribution >= 4 is 22.9 Å². The number of hydrogen-bond acceptors (Lipinski definition) is 6. The molecule has 2 aromatic rings. The number of aromatic nitrogens is 2. The van der Waals surface area contributed by atoms with Crippen LogP contribution in [0.15, 0.2) is 18.3 Å². The second kappa shape index (κ2) is 7.85. The summed E-state index contributed by atoms with van der Waals surface area (Å²) in [6.07, 6.45) is 4.68. The topological polar surface area (TPSA) is 67.3 Å². The number of halogens is 2. The summed E-state index contributed by atoms with van der Waals surface area (Å²) in [7, 11) is 0. The van der Waals surface area contributed by atoms with Gasteiger partial charge in [0.15, 0.2) is 5.69 Å². The maximum absolute atomic E-state index is 13.4. The molecule has 1 aliphatic carbocycles. The molecular weight excluding hydrogens is 398 g/mol. The predicted octanol–water partition coefficient (Wildman–Crippen LogP) is 3.45. The first kappa shape index (κ1) is 20.0. The average molecular weight is 423 g/mol. The van der Waals surface area contributed by atoms with E-state index in [1.807, 2.05) is 13.8 Å². The van der Waals surface area contributed by atoms with Crippen molar-refractivity contribution in [2.75, 3.05) is 24.6 Å². The minimum atomic E-state index is -2.73. The zero-order valence-electron chi connectivity index (χ0n) is 16.5. The minimum Gasteiger partial charge on any atom is -0.477 e. The number of nitrogens with one attached hydrogen (secondary N) is 1. The molecule has 0 bridgehead atoms. The number of rotatable bonds is 8. The molecule has 156 valence electrons. The largest absolute Gasteiger partial charge is 0.477 e. The SMILES string of the molecule is Cc1cnc(CC(C)NC(=O)c2nc(OCC3CC3)ccc2N2CC(F)(F)C2)s1. The van der Waals surface area contributed by atoms with Crippen LogP contribution in [0.3, 0.4) is 0 Å². The van der Waals surface area contributed by atoms with Crippen LogP contribution in [0.25, 0.3) is 0 Å². The number of carbonyl (C=O) groups excluding carboxylic acids is 1. The third-order valence-corrected chi connectivity index (χ3v) is 5.87. The van der Waals surface area contributed by atoms with Crippen molar-refractivity contribution in [2.45, 2.75) is 45.1 Å². The maximum atomic E-state index is 13.4. The first-order chi connectivity index (χ1) is 13.8. The van der Waals surface area contributed by atoms with Crippen molar-refractivity contribution in [3.8, 4) is 5.88 Å². The van der Waals surface area contributed by atoms with Gasteiger partial charge in [-0.1, -0.05) is 0 Å². The Morgan fingerprint density at radius 1 is 1.41 bits per heavy atom. The molecule has 1 unspecified atom stereocenters. The van der Waals surface area contributed by atoms with Gasteiger partial charge in [0.1, 0.15) is 0 Å². The van der Waals surface area contributed by atoms with Crippen LogP contribution in [0.2, 0.25) is 0 Å². The highest BCUT2D eigenvalue weighted by Gasteiger charge is 2.45. The van der Waals surface area contributed by atoms with Gasteiger partial charge in [0.05, 0.1) is 30.4 Å². The standard InChI is InChI=1S/C20H24F2N4O2S/c1-12(7-17-23-8-13(2)29-17)24-19(27)18-15(26-10-20(21,22)11-26)5-6-16(25-18)28-9-14-3-4-14/h5-6,8,12,14H,3-4,7,9-11H2,1-2H3,(H,24,27). The van der Waals surface area contributed by atoms with Crippen LogP contribution >= 0.6 is 11.3 Å². The van der Waals surface area contributed by atoms with E-state index in [4.69, 9.17) is 4.74 Å². The Labute approximate surface area is 172 Å². The van der Waals surface area contributed by atoms with E-state index in [1.165, 1.54) is 4.90 Å². The van der Waals surface area contributed by atoms with Gasteiger partial charge >= 0.3 is 0 Å². The summed E-state index contributed by atoms with van der Waals surface area (Å²) < 4.78 is 32.4. The van der Waals surface area contributed by atoms with Crippen LogP contribution in [-0.2, 0) is 6.42 Å². The van der Waals surface area contributed by atoms with Gasteiger partial charge in [0.25, 0.3) is 11.8 Å². The quantitative estimate of drug-likeness (QED) is 0.706. The van der Waals surface area contributed by atoms with Crippen LogP contribution in [0.4, 0.5) is 14.5 Å². The van der Waals surface area contributed by atoms with Crippen molar-refractivity contribution in [1.82, 2.24) is 15.3 Å². The zero-order chi connectivity index (χ0) is 20.6. The van der Waals surface area contributed by atoms with Gasteiger partial charge in [-0.15, -0.1) is 11.3 Å². The van der Waals surface area contributed by atoms with Gasteiger partial charge in [-0.25, -0.2) is 18.7 Å². The van der Waals surface area contributed by atoms with E-state index in [0.29, 0.717) is 30.5 Å². The van der Waals surface area contributed by atoms with E-state index in [1.54, 1.807) is 29.7 Å². The molecule has 6 nitrogen and oxygen atoms in total. The molecule has 2 aromatic heterocycles. The van der Waals surface area contributed by atoms with Crippen LogP contribution in [0, 0.1) is 12.8 Å². The Morgan fingerprint density at radius 3 is 2.79 bits per heavy atom. The molecule has 0 radical (unpaired) electrons. The fraction of sp³-hybridized carbons (Fsp3) is 0.550. The minimum absolute atomic E-state index is 0.121. The normalized spacial score (nSPS) is 18.8. The van der Waals surface area contributed by atoms with Gasteiger partial charge < -0.3 is 15.0 Å². The van der Waals surface area contributed by atoms with Gasteiger partial charge in [-0.3, -0.25) is 4.79 Å². The summed E-state index contributed by atoms with van der Waals surface area (Å²) in [6.45, 7) is 3.61. The second-order valence-electron chi connectivity index (χ2n) is 7.93. The lowest BCUT2D eigenvalue weighted by atomic mass is 10.1. The fourth-order valence-corrected chi connectivity index (χ4v) is 4.12. The lowest BCUT2D eigenvalue weighted by Crippen LogP contribution is -2.57. The smallest absolute Gasteiger partial charge is 0.282 e. The molecule has 3 heterocycles. The van der Waals surface area contributed by atoms with E-state index in [0.717, 1.165) is 22.7 Å². The third kappa shape index (κ3) is 5.01. The van der Waals surface area contributed by atoms with E-state index < -0.39 is 24.9 Å². The van der Waals surface area contributed by atoms with Crippen LogP contribution in [0.1, 0.15) is 40.1 Å². The van der Waals surface area contributed by atoms with Crippen LogP contribution in [0.5, 0.6) is 5.88 Å². The van der Waals surface area contributed by atoms with E-state index >= 15 is 0 Å². The number of alkyl halides is 2. The molecule has 0 spiro atoms. The van der Waals surface area contributed by atoms with Crippen molar-refractivity contribution in [3.63, 3.8) is 0 Å². The van der Waals surface area contributed by atoms with Crippen molar-refractivity contribution in [2.24, 2.45) is 5.92 Å². The molecule has 1 amide bonds. The summed E-state index contributed by atoms with van der Waals surface area (Å²) in [6, 6.07) is 3.12. The van der Waals surface area contributed by atoms with E-state index in [-0.39, 0.29) is 11.7 Å². The summed E-state index contributed by atoms with van der Waals surface area (Å²) in [5.41, 5.74) is 0.528. The molecular formula is C20H24F2N4O2S. The van der Waals surface area contributed by atoms with Crippen molar-refractivity contribution in [1.29, 1.82) is 0 Å². The summed E-state index contributed by atoms with van der Waals surface area (Å²) in [5.74, 6) is -2.23. The highest BCUT2D eigenvalue weighted by atomic mass is 32.1. The Hall–Kier alpha value is -2.29. The number of nitrogens with zero attached hydrogens (tertiary/aromatic N) is 3. The van der Waals surface area contributed by atoms with Gasteiger partial charge in [0, 0.05) is 29.6 Å². The lowest BCUT2D eigenvalue weighted by Gasteiger charge is -2.40. The number of pyridine rings is 1. The zero-order valence-corrected chi connectivity index (χ0v) is 17.3. The average Bonchev–Trinajstić information content (AvgIpc) is 3.38. The monoisotopic (exact) mass is 422 g/mol. The van der Waals surface area contributed by atoms with Crippen molar-refractivity contribution < 1.29 is 18.3 Å². The first-order valence-corrected chi connectivity index (χ1v) is 10.6. The molecule has 1 N–H and O–H groups in total.